The Balaban J connectivity index is 0.000000606. The lowest BCUT2D eigenvalue weighted by atomic mass is 10.1. The lowest BCUT2D eigenvalue weighted by molar-refractivity contribution is 0.0611. The van der Waals surface area contributed by atoms with Crippen LogP contribution in [-0.2, 0) is 4.74 Å². The van der Waals surface area contributed by atoms with Gasteiger partial charge in [-0.3, -0.25) is 4.90 Å². The fourth-order valence-electron chi connectivity index (χ4n) is 2.18. The highest BCUT2D eigenvalue weighted by Gasteiger charge is 2.45. The maximum Gasteiger partial charge on any atom is 0.140 e. The first kappa shape index (κ1) is 13.9. The first-order valence-corrected chi connectivity index (χ1v) is 6.19. The summed E-state index contributed by atoms with van der Waals surface area (Å²) in [5.74, 6) is 0. The molecule has 1 aliphatic carbocycles. The molecule has 1 N–H and O–H groups in total. The molecule has 2 atom stereocenters. The average Bonchev–Trinajstić information content (AvgIpc) is 2.99. The van der Waals surface area contributed by atoms with Crippen molar-refractivity contribution in [2.24, 2.45) is 5.41 Å². The zero-order valence-electron chi connectivity index (χ0n) is 10.6. The summed E-state index contributed by atoms with van der Waals surface area (Å²) in [7, 11) is 1.56. The standard InChI is InChI=1S/C10H18FNO2.C2H6/c1-14-9-5-12(4-8(9)11)6-10(7-13)2-3-10;1-2/h8-9,13H,2-7H2,1H3;1-2H3. The maximum atomic E-state index is 13.3. The van der Waals surface area contributed by atoms with Crippen molar-refractivity contribution < 1.29 is 14.2 Å². The smallest absolute Gasteiger partial charge is 0.140 e. The van der Waals surface area contributed by atoms with Crippen LogP contribution in [-0.4, -0.2) is 55.6 Å². The van der Waals surface area contributed by atoms with Crippen LogP contribution in [0.4, 0.5) is 4.39 Å². The summed E-state index contributed by atoms with van der Waals surface area (Å²) in [6.45, 7) is 6.18. The van der Waals surface area contributed by atoms with E-state index in [0.717, 1.165) is 19.4 Å². The van der Waals surface area contributed by atoms with E-state index in [1.54, 1.807) is 7.11 Å². The summed E-state index contributed by atoms with van der Waals surface area (Å²) >= 11 is 0. The first-order valence-electron chi connectivity index (χ1n) is 6.19. The molecular weight excluding hydrogens is 209 g/mol. The molecule has 0 aromatic carbocycles. The third-order valence-corrected chi connectivity index (χ3v) is 3.43. The van der Waals surface area contributed by atoms with Crippen molar-refractivity contribution in [3.05, 3.63) is 0 Å². The number of likely N-dealkylation sites (tertiary alicyclic amines) is 1. The lowest BCUT2D eigenvalue weighted by Gasteiger charge is -2.20. The number of halogens is 1. The fourth-order valence-corrected chi connectivity index (χ4v) is 2.18. The van der Waals surface area contributed by atoms with E-state index in [9.17, 15) is 4.39 Å². The summed E-state index contributed by atoms with van der Waals surface area (Å²) < 4.78 is 18.4. The molecule has 2 aliphatic rings. The summed E-state index contributed by atoms with van der Waals surface area (Å²) in [6, 6.07) is 0. The molecule has 16 heavy (non-hydrogen) atoms. The van der Waals surface area contributed by atoms with E-state index in [0.29, 0.717) is 13.1 Å². The van der Waals surface area contributed by atoms with E-state index in [2.05, 4.69) is 4.90 Å². The van der Waals surface area contributed by atoms with Crippen LogP contribution in [0.5, 0.6) is 0 Å². The van der Waals surface area contributed by atoms with E-state index in [1.165, 1.54) is 0 Å². The van der Waals surface area contributed by atoms with Gasteiger partial charge in [0.25, 0.3) is 0 Å². The Kier molecular flexibility index (Phi) is 5.15. The van der Waals surface area contributed by atoms with Crippen LogP contribution >= 0.6 is 0 Å². The Morgan fingerprint density at radius 2 is 2.00 bits per heavy atom. The van der Waals surface area contributed by atoms with Crippen molar-refractivity contribution in [1.29, 1.82) is 0 Å². The minimum atomic E-state index is -0.866. The highest BCUT2D eigenvalue weighted by atomic mass is 19.1. The zero-order chi connectivity index (χ0) is 12.2. The van der Waals surface area contributed by atoms with E-state index >= 15 is 0 Å². The number of methoxy groups -OCH3 is 1. The van der Waals surface area contributed by atoms with Crippen LogP contribution in [0, 0.1) is 5.41 Å². The van der Waals surface area contributed by atoms with Crippen LogP contribution in [0.1, 0.15) is 26.7 Å². The number of hydrogen-bond donors (Lipinski definition) is 1. The lowest BCUT2D eigenvalue weighted by Crippen LogP contribution is -2.31. The highest BCUT2D eigenvalue weighted by Crippen LogP contribution is 2.46. The fraction of sp³-hybridized carbons (Fsp3) is 1.00. The van der Waals surface area contributed by atoms with E-state index in [-0.39, 0.29) is 18.1 Å². The van der Waals surface area contributed by atoms with Crippen LogP contribution in [0.25, 0.3) is 0 Å². The number of aliphatic hydroxyl groups is 1. The van der Waals surface area contributed by atoms with Gasteiger partial charge in [0.05, 0.1) is 0 Å². The molecule has 4 heteroatoms. The summed E-state index contributed by atoms with van der Waals surface area (Å²) in [5.41, 5.74) is 0.0857. The van der Waals surface area contributed by atoms with Gasteiger partial charge in [-0.05, 0) is 12.8 Å². The summed E-state index contributed by atoms with van der Waals surface area (Å²) in [5, 5.41) is 9.15. The van der Waals surface area contributed by atoms with Gasteiger partial charge in [0.2, 0.25) is 0 Å². The van der Waals surface area contributed by atoms with Crippen LogP contribution in [0.15, 0.2) is 0 Å². The Labute approximate surface area is 97.6 Å². The molecule has 3 nitrogen and oxygen atoms in total. The van der Waals surface area contributed by atoms with Crippen LogP contribution in [0.3, 0.4) is 0 Å². The third kappa shape index (κ3) is 3.15. The maximum absolute atomic E-state index is 13.3. The molecule has 1 saturated heterocycles. The molecule has 1 saturated carbocycles. The second kappa shape index (κ2) is 5.94. The number of rotatable bonds is 4. The topological polar surface area (TPSA) is 32.7 Å². The van der Waals surface area contributed by atoms with E-state index < -0.39 is 6.17 Å². The van der Waals surface area contributed by atoms with Gasteiger partial charge < -0.3 is 9.84 Å². The molecule has 2 fully saturated rings. The van der Waals surface area contributed by atoms with Gasteiger partial charge in [-0.15, -0.1) is 0 Å². The Hall–Kier alpha value is -0.190. The van der Waals surface area contributed by atoms with E-state index in [4.69, 9.17) is 9.84 Å². The molecule has 2 rings (SSSR count). The van der Waals surface area contributed by atoms with Gasteiger partial charge in [0.15, 0.2) is 0 Å². The highest BCUT2D eigenvalue weighted by molar-refractivity contribution is 4.97. The molecule has 2 unspecified atom stereocenters. The average molecular weight is 233 g/mol. The number of hydrogen-bond acceptors (Lipinski definition) is 3. The van der Waals surface area contributed by atoms with Crippen molar-refractivity contribution in [2.75, 3.05) is 33.4 Å². The largest absolute Gasteiger partial charge is 0.396 e. The second-order valence-corrected chi connectivity index (χ2v) is 4.64. The van der Waals surface area contributed by atoms with Gasteiger partial charge in [0.1, 0.15) is 12.3 Å². The van der Waals surface area contributed by atoms with Gasteiger partial charge in [-0.2, -0.15) is 0 Å². The predicted octanol–water partition coefficient (Wildman–Crippen LogP) is 1.45. The number of aliphatic hydroxyl groups excluding tert-OH is 1. The molecule has 1 aliphatic heterocycles. The van der Waals surface area contributed by atoms with Crippen molar-refractivity contribution >= 4 is 0 Å². The molecule has 0 spiro atoms. The molecule has 0 amide bonds. The van der Waals surface area contributed by atoms with Crippen molar-refractivity contribution in [3.8, 4) is 0 Å². The molecule has 0 bridgehead atoms. The molecule has 0 aromatic heterocycles. The Morgan fingerprint density at radius 3 is 2.38 bits per heavy atom. The molecular formula is C12H24FNO2. The Bertz CT molecular complexity index is 209. The molecule has 96 valence electrons. The molecule has 0 radical (unpaired) electrons. The van der Waals surface area contributed by atoms with Gasteiger partial charge in [-0.1, -0.05) is 13.8 Å². The van der Waals surface area contributed by atoms with Gasteiger partial charge >= 0.3 is 0 Å². The Morgan fingerprint density at radius 1 is 1.38 bits per heavy atom. The zero-order valence-corrected chi connectivity index (χ0v) is 10.6. The summed E-state index contributed by atoms with van der Waals surface area (Å²) in [4.78, 5) is 2.07. The SMILES string of the molecule is CC.COC1CN(CC2(CO)CC2)CC1F. The quantitative estimate of drug-likeness (QED) is 0.798. The molecule has 1 heterocycles. The minimum absolute atomic E-state index is 0.0857. The first-order chi connectivity index (χ1) is 7.69. The monoisotopic (exact) mass is 233 g/mol. The third-order valence-electron chi connectivity index (χ3n) is 3.43. The van der Waals surface area contributed by atoms with Crippen LogP contribution < -0.4 is 0 Å². The van der Waals surface area contributed by atoms with Crippen molar-refractivity contribution in [3.63, 3.8) is 0 Å². The summed E-state index contributed by atoms with van der Waals surface area (Å²) in [6.07, 6.45) is 1.02. The van der Waals surface area contributed by atoms with Crippen molar-refractivity contribution in [2.45, 2.75) is 39.0 Å². The number of nitrogens with zero attached hydrogens (tertiary/aromatic N) is 1. The van der Waals surface area contributed by atoms with Crippen LogP contribution in [0.2, 0.25) is 0 Å². The number of alkyl halides is 1. The molecule has 0 aromatic rings. The van der Waals surface area contributed by atoms with Gasteiger partial charge in [-0.25, -0.2) is 4.39 Å². The van der Waals surface area contributed by atoms with Gasteiger partial charge in [0, 0.05) is 38.8 Å². The van der Waals surface area contributed by atoms with Crippen molar-refractivity contribution in [1.82, 2.24) is 4.90 Å². The number of ether oxygens (including phenoxy) is 1. The second-order valence-electron chi connectivity index (χ2n) is 4.64. The van der Waals surface area contributed by atoms with E-state index in [1.807, 2.05) is 13.8 Å². The minimum Gasteiger partial charge on any atom is -0.396 e. The normalized spacial score (nSPS) is 32.1. The predicted molar refractivity (Wildman–Crippen MR) is 62.2 cm³/mol.